The van der Waals surface area contributed by atoms with E-state index in [1.807, 2.05) is 72.8 Å². The second-order valence-electron chi connectivity index (χ2n) is 9.34. The van der Waals surface area contributed by atoms with Crippen molar-refractivity contribution in [1.82, 2.24) is 0 Å². The molecule has 0 fully saturated rings. The number of para-hydroxylation sites is 1. The summed E-state index contributed by atoms with van der Waals surface area (Å²) in [5.41, 5.74) is 3.78. The Hall–Kier alpha value is -5.14. The predicted octanol–water partition coefficient (Wildman–Crippen LogP) is 10.9. The van der Waals surface area contributed by atoms with E-state index in [2.05, 4.69) is 0 Å². The third kappa shape index (κ3) is 3.41. The summed E-state index contributed by atoms with van der Waals surface area (Å²) in [7, 11) is 0. The lowest BCUT2D eigenvalue weighted by atomic mass is 9.86. The molecule has 8 aromatic rings. The molecule has 0 unspecified atom stereocenters. The normalized spacial score (nSPS) is 15.2. The van der Waals surface area contributed by atoms with Crippen molar-refractivity contribution in [3.63, 3.8) is 0 Å². The van der Waals surface area contributed by atoms with E-state index in [0.717, 1.165) is 43.4 Å². The van der Waals surface area contributed by atoms with Crippen LogP contribution < -0.4 is 0 Å². The van der Waals surface area contributed by atoms with E-state index < -0.39 is 36.3 Å². The lowest BCUT2D eigenvalue weighted by Crippen LogP contribution is -1.90. The van der Waals surface area contributed by atoms with Crippen LogP contribution >= 0.6 is 0 Å². The third-order valence-electron chi connectivity index (χ3n) is 7.24. The van der Waals surface area contributed by atoms with Crippen LogP contribution in [-0.2, 0) is 0 Å². The number of hydrogen-bond acceptors (Lipinski definition) is 1. The molecule has 0 saturated carbocycles. The summed E-state index contributed by atoms with van der Waals surface area (Å²) in [6, 6.07) is 22.7. The quantitative estimate of drug-likeness (QED) is 0.217. The van der Waals surface area contributed by atoms with E-state index in [-0.39, 0.29) is 35.3 Å². The van der Waals surface area contributed by atoms with E-state index in [1.165, 1.54) is 0 Å². The van der Waals surface area contributed by atoms with E-state index in [9.17, 15) is 0 Å². The first-order valence-corrected chi connectivity index (χ1v) is 12.5. The van der Waals surface area contributed by atoms with Crippen molar-refractivity contribution in [3.05, 3.63) is 145 Å². The Morgan fingerprint density at radius 2 is 0.974 bits per heavy atom. The number of hydrogen-bond donors (Lipinski definition) is 0. The first-order valence-electron chi connectivity index (χ1n) is 17.5. The van der Waals surface area contributed by atoms with Gasteiger partial charge in [-0.05, 0) is 61.5 Å². The Bertz CT molecular complexity index is 2620. The average Bonchev–Trinajstić information content (AvgIpc) is 3.50. The van der Waals surface area contributed by atoms with Gasteiger partial charge in [0.15, 0.2) is 0 Å². The summed E-state index contributed by atoms with van der Waals surface area (Å²) < 4.78 is 90.4. The van der Waals surface area contributed by atoms with Crippen LogP contribution in [0.25, 0.3) is 76.9 Å². The lowest BCUT2D eigenvalue weighted by Gasteiger charge is -2.17. The SMILES string of the molecule is [2H]c1c([2H])c([2H])c(-c2c3ccccc3c(-c3ccc4c(c3)oc3c(-c5c([2H])c([2H])c([2H])c([2H])c5[2H])cccc34)c3ccccc23)c([2H])c1[2H]. The van der Waals surface area contributed by atoms with Crippen LogP contribution in [0.2, 0.25) is 0 Å². The molecule has 182 valence electrons. The maximum atomic E-state index is 8.79. The Kier molecular flexibility index (Phi) is 3.16. The topological polar surface area (TPSA) is 13.1 Å². The van der Waals surface area contributed by atoms with Gasteiger partial charge < -0.3 is 4.42 Å². The third-order valence-corrected chi connectivity index (χ3v) is 7.24. The minimum absolute atomic E-state index is 0.0658. The van der Waals surface area contributed by atoms with Crippen molar-refractivity contribution in [2.75, 3.05) is 0 Å². The molecule has 0 N–H and O–H groups in total. The number of furan rings is 1. The predicted molar refractivity (Wildman–Crippen MR) is 165 cm³/mol. The second kappa shape index (κ2) is 8.72. The van der Waals surface area contributed by atoms with Gasteiger partial charge in [0.2, 0.25) is 0 Å². The molecular weight excluding hydrogens is 472 g/mol. The van der Waals surface area contributed by atoms with Gasteiger partial charge in [-0.25, -0.2) is 0 Å². The summed E-state index contributed by atoms with van der Waals surface area (Å²) in [5.74, 6) is 0. The fourth-order valence-corrected chi connectivity index (χ4v) is 5.62. The van der Waals surface area contributed by atoms with Crippen molar-refractivity contribution in [2.24, 2.45) is 0 Å². The van der Waals surface area contributed by atoms with Crippen molar-refractivity contribution >= 4 is 43.5 Å². The number of fused-ring (bicyclic) bond motifs is 5. The molecule has 0 atom stereocenters. The molecule has 0 bridgehead atoms. The molecule has 1 aromatic heterocycles. The molecule has 0 amide bonds. The molecule has 1 heteroatoms. The fourth-order valence-electron chi connectivity index (χ4n) is 5.62. The minimum Gasteiger partial charge on any atom is -0.455 e. The van der Waals surface area contributed by atoms with Gasteiger partial charge in [0.25, 0.3) is 0 Å². The summed E-state index contributed by atoms with van der Waals surface area (Å²) >= 11 is 0. The zero-order chi connectivity index (χ0) is 34.5. The molecule has 0 aliphatic heterocycles. The Labute approximate surface area is 240 Å². The molecule has 0 aliphatic rings. The molecule has 1 heterocycles. The van der Waals surface area contributed by atoms with E-state index in [1.54, 1.807) is 12.1 Å². The molecule has 39 heavy (non-hydrogen) atoms. The van der Waals surface area contributed by atoms with Crippen LogP contribution in [-0.4, -0.2) is 0 Å². The molecule has 1 nitrogen and oxygen atoms in total. The number of benzene rings is 7. The van der Waals surface area contributed by atoms with E-state index in [0.29, 0.717) is 22.3 Å². The first kappa shape index (κ1) is 14.1. The highest BCUT2D eigenvalue weighted by molar-refractivity contribution is 6.22. The largest absolute Gasteiger partial charge is 0.455 e. The monoisotopic (exact) mass is 506 g/mol. The van der Waals surface area contributed by atoms with Crippen molar-refractivity contribution in [2.45, 2.75) is 0 Å². The van der Waals surface area contributed by atoms with E-state index >= 15 is 0 Å². The Balaban J connectivity index is 1.42. The molecule has 0 saturated heterocycles. The fraction of sp³-hybridized carbons (Fsp3) is 0. The van der Waals surface area contributed by atoms with Gasteiger partial charge in [-0.2, -0.15) is 0 Å². The molecule has 0 spiro atoms. The summed E-state index contributed by atoms with van der Waals surface area (Å²) in [4.78, 5) is 0. The van der Waals surface area contributed by atoms with Gasteiger partial charge in [0.1, 0.15) is 11.2 Å². The molecule has 7 aromatic carbocycles. The molecule has 0 aliphatic carbocycles. The van der Waals surface area contributed by atoms with Gasteiger partial charge in [0, 0.05) is 16.3 Å². The van der Waals surface area contributed by atoms with Crippen molar-refractivity contribution in [3.8, 4) is 33.4 Å². The average molecular weight is 507 g/mol. The Morgan fingerprint density at radius 1 is 0.436 bits per heavy atom. The van der Waals surface area contributed by atoms with Crippen LogP contribution in [0.1, 0.15) is 13.7 Å². The highest BCUT2D eigenvalue weighted by Gasteiger charge is 2.18. The van der Waals surface area contributed by atoms with Crippen molar-refractivity contribution in [1.29, 1.82) is 0 Å². The van der Waals surface area contributed by atoms with Gasteiger partial charge in [-0.1, -0.05) is 133 Å². The minimum atomic E-state index is -0.461. The van der Waals surface area contributed by atoms with Gasteiger partial charge in [-0.15, -0.1) is 0 Å². The van der Waals surface area contributed by atoms with Gasteiger partial charge in [-0.3, -0.25) is 0 Å². The second-order valence-corrected chi connectivity index (χ2v) is 9.34. The van der Waals surface area contributed by atoms with E-state index in [4.69, 9.17) is 18.1 Å². The van der Waals surface area contributed by atoms with Crippen LogP contribution in [0.15, 0.2) is 150 Å². The summed E-state index contributed by atoms with van der Waals surface area (Å²) in [6.45, 7) is 0. The lowest BCUT2D eigenvalue weighted by molar-refractivity contribution is 0.670. The van der Waals surface area contributed by atoms with Gasteiger partial charge >= 0.3 is 0 Å². The highest BCUT2D eigenvalue weighted by Crippen LogP contribution is 2.45. The molecule has 0 radical (unpaired) electrons. The summed E-state index contributed by atoms with van der Waals surface area (Å²) in [5, 5.41) is 4.61. The zero-order valence-electron chi connectivity index (χ0n) is 30.5. The number of rotatable bonds is 3. The summed E-state index contributed by atoms with van der Waals surface area (Å²) in [6.07, 6.45) is 0. The van der Waals surface area contributed by atoms with Crippen LogP contribution in [0, 0.1) is 0 Å². The van der Waals surface area contributed by atoms with Crippen LogP contribution in [0.5, 0.6) is 0 Å². The van der Waals surface area contributed by atoms with Crippen LogP contribution in [0.4, 0.5) is 0 Å². The van der Waals surface area contributed by atoms with Gasteiger partial charge in [0.05, 0.1) is 13.7 Å². The maximum Gasteiger partial charge on any atom is 0.143 e. The standard InChI is InChI=1S/C38H24O/c1-3-12-25(13-4-1)28-20-11-21-34-29-23-22-27(24-35(29)39-38(28)34)37-32-18-9-7-16-30(32)36(26-14-5-2-6-15-26)31-17-8-10-19-33(31)37/h1-24H/i1D,2D,3D,4D,5D,6D,12D,13D,14D,15D. The Morgan fingerprint density at radius 3 is 1.59 bits per heavy atom. The zero-order valence-corrected chi connectivity index (χ0v) is 20.5. The molecular formula is C38H24O. The van der Waals surface area contributed by atoms with Crippen LogP contribution in [0.3, 0.4) is 0 Å². The smallest absolute Gasteiger partial charge is 0.143 e. The maximum absolute atomic E-state index is 8.79. The van der Waals surface area contributed by atoms with Crippen molar-refractivity contribution < 1.29 is 18.1 Å². The first-order chi connectivity index (χ1) is 23.5. The molecule has 8 rings (SSSR count). The highest BCUT2D eigenvalue weighted by atomic mass is 16.3.